The van der Waals surface area contributed by atoms with Crippen LogP contribution >= 0.6 is 0 Å². The molecule has 100 valence electrons. The minimum atomic E-state index is 1.06. The molecular weight excluding hydrogens is 252 g/mol. The zero-order valence-corrected chi connectivity index (χ0v) is 11.8. The zero-order valence-electron chi connectivity index (χ0n) is 11.8. The molecule has 0 N–H and O–H groups in total. The van der Waals surface area contributed by atoms with Crippen LogP contribution in [0.1, 0.15) is 22.3 Å². The van der Waals surface area contributed by atoms with Crippen molar-refractivity contribution in [3.63, 3.8) is 0 Å². The van der Waals surface area contributed by atoms with Crippen LogP contribution in [0.2, 0.25) is 0 Å². The third kappa shape index (κ3) is 2.30. The van der Waals surface area contributed by atoms with Crippen molar-refractivity contribution in [2.45, 2.75) is 6.42 Å². The van der Waals surface area contributed by atoms with E-state index < -0.39 is 0 Å². The summed E-state index contributed by atoms with van der Waals surface area (Å²) in [6.45, 7) is 0. The number of rotatable bonds is 2. The Hall–Kier alpha value is -2.60. The summed E-state index contributed by atoms with van der Waals surface area (Å²) in [4.78, 5) is 0. The molecule has 0 aliphatic heterocycles. The molecule has 0 heteroatoms. The number of hydrogen-bond donors (Lipinski definition) is 0. The van der Waals surface area contributed by atoms with Gasteiger partial charge in [-0.3, -0.25) is 0 Å². The Morgan fingerprint density at radius 2 is 1.29 bits per heavy atom. The average Bonchev–Trinajstić information content (AvgIpc) is 2.92. The Balaban J connectivity index is 1.70. The molecule has 0 saturated heterocycles. The van der Waals surface area contributed by atoms with Crippen molar-refractivity contribution in [3.8, 4) is 11.1 Å². The maximum Gasteiger partial charge on any atom is -0.00134 e. The van der Waals surface area contributed by atoms with Gasteiger partial charge in [0.25, 0.3) is 0 Å². The van der Waals surface area contributed by atoms with Crippen molar-refractivity contribution < 1.29 is 0 Å². The first kappa shape index (κ1) is 12.2. The normalized spacial score (nSPS) is 12.4. The van der Waals surface area contributed by atoms with Gasteiger partial charge >= 0.3 is 0 Å². The molecule has 0 saturated carbocycles. The molecule has 4 rings (SSSR count). The summed E-state index contributed by atoms with van der Waals surface area (Å²) in [7, 11) is 0. The summed E-state index contributed by atoms with van der Waals surface area (Å²) < 4.78 is 0. The van der Waals surface area contributed by atoms with Gasteiger partial charge in [0.05, 0.1) is 0 Å². The quantitative estimate of drug-likeness (QED) is 0.425. The van der Waals surface area contributed by atoms with Gasteiger partial charge in [0.15, 0.2) is 0 Å². The topological polar surface area (TPSA) is 0 Å². The minimum Gasteiger partial charge on any atom is -0.0622 e. The van der Waals surface area contributed by atoms with Crippen LogP contribution in [-0.2, 0) is 6.42 Å². The Morgan fingerprint density at radius 3 is 2.19 bits per heavy atom. The highest BCUT2D eigenvalue weighted by atomic mass is 14.2. The molecule has 3 aromatic rings. The SMILES string of the molecule is C(=Cc1ccc2c(c1)-c1ccccc1C2)c1ccccc1. The van der Waals surface area contributed by atoms with Crippen LogP contribution in [0.15, 0.2) is 72.8 Å². The second kappa shape index (κ2) is 5.06. The molecule has 21 heavy (non-hydrogen) atoms. The summed E-state index contributed by atoms with van der Waals surface area (Å²) in [6.07, 6.45) is 5.42. The van der Waals surface area contributed by atoms with Gasteiger partial charge in [-0.2, -0.15) is 0 Å². The second-order valence-electron chi connectivity index (χ2n) is 5.49. The van der Waals surface area contributed by atoms with E-state index >= 15 is 0 Å². The van der Waals surface area contributed by atoms with Gasteiger partial charge in [-0.15, -0.1) is 0 Å². The summed E-state index contributed by atoms with van der Waals surface area (Å²) >= 11 is 0. The summed E-state index contributed by atoms with van der Waals surface area (Å²) in [5.74, 6) is 0. The fourth-order valence-corrected chi connectivity index (χ4v) is 3.00. The molecule has 0 amide bonds. The Labute approximate surface area is 125 Å². The molecule has 0 heterocycles. The highest BCUT2D eigenvalue weighted by Gasteiger charge is 2.17. The lowest BCUT2D eigenvalue weighted by atomic mass is 10.0. The van der Waals surface area contributed by atoms with Crippen LogP contribution in [0.5, 0.6) is 0 Å². The Bertz CT molecular complexity index is 810. The van der Waals surface area contributed by atoms with E-state index in [1.165, 1.54) is 33.4 Å². The van der Waals surface area contributed by atoms with Crippen molar-refractivity contribution >= 4 is 12.2 Å². The molecule has 1 aliphatic rings. The second-order valence-corrected chi connectivity index (χ2v) is 5.49. The fourth-order valence-electron chi connectivity index (χ4n) is 3.00. The van der Waals surface area contributed by atoms with E-state index in [1.54, 1.807) is 0 Å². The van der Waals surface area contributed by atoms with Crippen LogP contribution in [0, 0.1) is 0 Å². The molecule has 0 radical (unpaired) electrons. The van der Waals surface area contributed by atoms with Crippen LogP contribution < -0.4 is 0 Å². The molecule has 0 spiro atoms. The van der Waals surface area contributed by atoms with E-state index in [9.17, 15) is 0 Å². The Kier molecular flexibility index (Phi) is 2.93. The first-order chi connectivity index (χ1) is 10.4. The molecule has 0 aromatic heterocycles. The molecule has 3 aromatic carbocycles. The van der Waals surface area contributed by atoms with Gasteiger partial charge in [0, 0.05) is 0 Å². The van der Waals surface area contributed by atoms with E-state index in [2.05, 4.69) is 78.9 Å². The zero-order chi connectivity index (χ0) is 14.1. The predicted molar refractivity (Wildman–Crippen MR) is 90.1 cm³/mol. The highest BCUT2D eigenvalue weighted by Crippen LogP contribution is 2.37. The van der Waals surface area contributed by atoms with Gasteiger partial charge in [-0.05, 0) is 45.9 Å². The smallest absolute Gasteiger partial charge is 0.00134 e. The number of hydrogen-bond acceptors (Lipinski definition) is 0. The molecule has 0 unspecified atom stereocenters. The third-order valence-corrected chi connectivity index (χ3v) is 4.09. The third-order valence-electron chi connectivity index (χ3n) is 4.09. The van der Waals surface area contributed by atoms with Crippen molar-refractivity contribution in [1.82, 2.24) is 0 Å². The predicted octanol–water partition coefficient (Wildman–Crippen LogP) is 5.43. The fraction of sp³-hybridized carbons (Fsp3) is 0.0476. The van der Waals surface area contributed by atoms with Crippen molar-refractivity contribution in [2.24, 2.45) is 0 Å². The van der Waals surface area contributed by atoms with Gasteiger partial charge in [0.2, 0.25) is 0 Å². The first-order valence-electron chi connectivity index (χ1n) is 7.34. The summed E-state index contributed by atoms with van der Waals surface area (Å²) in [6, 6.07) is 25.9. The van der Waals surface area contributed by atoms with E-state index in [0.29, 0.717) is 0 Å². The maximum absolute atomic E-state index is 2.31. The molecule has 1 aliphatic carbocycles. The monoisotopic (exact) mass is 268 g/mol. The average molecular weight is 268 g/mol. The molecular formula is C21H16. The number of fused-ring (bicyclic) bond motifs is 3. The highest BCUT2D eigenvalue weighted by molar-refractivity contribution is 5.80. The van der Waals surface area contributed by atoms with Crippen molar-refractivity contribution in [2.75, 3.05) is 0 Å². The molecule has 0 atom stereocenters. The van der Waals surface area contributed by atoms with E-state index in [1.807, 2.05) is 6.07 Å². The van der Waals surface area contributed by atoms with Crippen molar-refractivity contribution in [3.05, 3.63) is 95.1 Å². The van der Waals surface area contributed by atoms with E-state index in [4.69, 9.17) is 0 Å². The van der Waals surface area contributed by atoms with E-state index in [-0.39, 0.29) is 0 Å². The lowest BCUT2D eigenvalue weighted by Gasteiger charge is -2.02. The largest absolute Gasteiger partial charge is 0.0622 e. The van der Waals surface area contributed by atoms with Gasteiger partial charge in [-0.25, -0.2) is 0 Å². The van der Waals surface area contributed by atoms with Crippen LogP contribution in [0.3, 0.4) is 0 Å². The van der Waals surface area contributed by atoms with Crippen LogP contribution in [-0.4, -0.2) is 0 Å². The number of benzene rings is 3. The standard InChI is InChI=1S/C21H16/c1-2-6-16(7-3-1)10-11-17-12-13-19-15-18-8-4-5-9-20(18)21(19)14-17/h1-14H,15H2. The maximum atomic E-state index is 2.31. The van der Waals surface area contributed by atoms with E-state index in [0.717, 1.165) is 6.42 Å². The molecule has 0 nitrogen and oxygen atoms in total. The lowest BCUT2D eigenvalue weighted by Crippen LogP contribution is -1.81. The summed E-state index contributed by atoms with van der Waals surface area (Å²) in [5, 5.41) is 0. The lowest BCUT2D eigenvalue weighted by molar-refractivity contribution is 1.26. The minimum absolute atomic E-state index is 1.06. The molecule has 0 fully saturated rings. The van der Waals surface area contributed by atoms with Gasteiger partial charge < -0.3 is 0 Å². The van der Waals surface area contributed by atoms with Crippen LogP contribution in [0.4, 0.5) is 0 Å². The van der Waals surface area contributed by atoms with Gasteiger partial charge in [-0.1, -0.05) is 78.9 Å². The molecule has 0 bridgehead atoms. The van der Waals surface area contributed by atoms with Crippen molar-refractivity contribution in [1.29, 1.82) is 0 Å². The Morgan fingerprint density at radius 1 is 0.571 bits per heavy atom. The van der Waals surface area contributed by atoms with Crippen LogP contribution in [0.25, 0.3) is 23.3 Å². The van der Waals surface area contributed by atoms with Gasteiger partial charge in [0.1, 0.15) is 0 Å². The first-order valence-corrected chi connectivity index (χ1v) is 7.34. The summed E-state index contributed by atoms with van der Waals surface area (Å²) in [5.41, 5.74) is 8.15.